The minimum atomic E-state index is 0.0273. The number of hydrogen-bond acceptors (Lipinski definition) is 2. The van der Waals surface area contributed by atoms with E-state index in [0.29, 0.717) is 0 Å². The van der Waals surface area contributed by atoms with E-state index >= 15 is 0 Å². The molecule has 0 spiro atoms. The standard InChI is InChI=1S/C19H26N2O/c1-7-14-11-15(9-10-16(14)19(22)12(3)4)18-17(8-2)21(6)13(5)20-18/h9-12H,7-8H2,1-6H3. The number of Topliss-reactive ketones (excluding diaryl/α,β-unsaturated/α-hetero) is 1. The monoisotopic (exact) mass is 298 g/mol. The highest BCUT2D eigenvalue weighted by Gasteiger charge is 2.17. The first-order chi connectivity index (χ1) is 10.4. The van der Waals surface area contributed by atoms with Crippen LogP contribution in [0.4, 0.5) is 0 Å². The van der Waals surface area contributed by atoms with Crippen LogP contribution in [-0.4, -0.2) is 15.3 Å². The second-order valence-corrected chi connectivity index (χ2v) is 6.11. The third kappa shape index (κ3) is 2.85. The Morgan fingerprint density at radius 3 is 2.45 bits per heavy atom. The number of hydrogen-bond donors (Lipinski definition) is 0. The second kappa shape index (κ2) is 6.47. The highest BCUT2D eigenvalue weighted by molar-refractivity contribution is 5.99. The Hall–Kier alpha value is -1.90. The van der Waals surface area contributed by atoms with Crippen LogP contribution >= 0.6 is 0 Å². The number of nitrogens with zero attached hydrogens (tertiary/aromatic N) is 2. The van der Waals surface area contributed by atoms with Crippen LogP contribution in [0.2, 0.25) is 0 Å². The van der Waals surface area contributed by atoms with Crippen molar-refractivity contribution in [1.29, 1.82) is 0 Å². The fourth-order valence-corrected chi connectivity index (χ4v) is 2.88. The molecule has 2 aromatic rings. The lowest BCUT2D eigenvalue weighted by atomic mass is 9.92. The van der Waals surface area contributed by atoms with Gasteiger partial charge in [0.2, 0.25) is 0 Å². The minimum Gasteiger partial charge on any atom is -0.335 e. The number of benzene rings is 1. The molecule has 0 aliphatic heterocycles. The van der Waals surface area contributed by atoms with Gasteiger partial charge >= 0.3 is 0 Å². The maximum absolute atomic E-state index is 12.3. The highest BCUT2D eigenvalue weighted by atomic mass is 16.1. The van der Waals surface area contributed by atoms with Crippen LogP contribution in [0.1, 0.15) is 55.1 Å². The summed E-state index contributed by atoms with van der Waals surface area (Å²) >= 11 is 0. The van der Waals surface area contributed by atoms with E-state index in [0.717, 1.165) is 41.1 Å². The molecule has 1 aromatic heterocycles. The predicted molar refractivity (Wildman–Crippen MR) is 91.3 cm³/mol. The largest absolute Gasteiger partial charge is 0.335 e. The van der Waals surface area contributed by atoms with Crippen molar-refractivity contribution in [2.45, 2.75) is 47.5 Å². The van der Waals surface area contributed by atoms with Crippen LogP contribution in [0.3, 0.4) is 0 Å². The Morgan fingerprint density at radius 1 is 1.23 bits per heavy atom. The molecule has 1 heterocycles. The van der Waals surface area contributed by atoms with Gasteiger partial charge < -0.3 is 4.57 Å². The predicted octanol–water partition coefficient (Wildman–Crippen LogP) is 4.36. The molecule has 0 aliphatic carbocycles. The summed E-state index contributed by atoms with van der Waals surface area (Å²) in [6.07, 6.45) is 1.80. The fourth-order valence-electron chi connectivity index (χ4n) is 2.88. The van der Waals surface area contributed by atoms with Crippen LogP contribution < -0.4 is 0 Å². The molecule has 22 heavy (non-hydrogen) atoms. The lowest BCUT2D eigenvalue weighted by Gasteiger charge is -2.12. The Bertz CT molecular complexity index is 696. The zero-order chi connectivity index (χ0) is 16.4. The fraction of sp³-hybridized carbons (Fsp3) is 0.474. The first-order valence-electron chi connectivity index (χ1n) is 8.10. The van der Waals surface area contributed by atoms with Crippen LogP contribution in [0, 0.1) is 12.8 Å². The lowest BCUT2D eigenvalue weighted by Crippen LogP contribution is -2.10. The molecule has 118 valence electrons. The lowest BCUT2D eigenvalue weighted by molar-refractivity contribution is 0.0938. The topological polar surface area (TPSA) is 34.9 Å². The summed E-state index contributed by atoms with van der Waals surface area (Å²) in [6.45, 7) is 10.2. The van der Waals surface area contributed by atoms with Crippen molar-refractivity contribution in [3.05, 3.63) is 40.8 Å². The van der Waals surface area contributed by atoms with Gasteiger partial charge in [-0.1, -0.05) is 39.8 Å². The Kier molecular flexibility index (Phi) is 4.84. The van der Waals surface area contributed by atoms with Crippen LogP contribution in [0.25, 0.3) is 11.3 Å². The molecule has 0 saturated heterocycles. The molecule has 0 unspecified atom stereocenters. The summed E-state index contributed by atoms with van der Waals surface area (Å²) in [5.41, 5.74) is 5.36. The van der Waals surface area contributed by atoms with Crippen molar-refractivity contribution in [1.82, 2.24) is 9.55 Å². The highest BCUT2D eigenvalue weighted by Crippen LogP contribution is 2.27. The van der Waals surface area contributed by atoms with Crippen LogP contribution in [-0.2, 0) is 19.9 Å². The number of ketones is 1. The average Bonchev–Trinajstić information content (AvgIpc) is 2.80. The van der Waals surface area contributed by atoms with Gasteiger partial charge in [0, 0.05) is 29.8 Å². The molecular formula is C19H26N2O. The van der Waals surface area contributed by atoms with Crippen molar-refractivity contribution in [2.75, 3.05) is 0 Å². The van der Waals surface area contributed by atoms with E-state index < -0.39 is 0 Å². The molecule has 3 heteroatoms. The van der Waals surface area contributed by atoms with E-state index in [4.69, 9.17) is 4.98 Å². The second-order valence-electron chi connectivity index (χ2n) is 6.11. The number of rotatable bonds is 5. The SMILES string of the molecule is CCc1cc(-c2nc(C)n(C)c2CC)ccc1C(=O)C(C)C. The summed E-state index contributed by atoms with van der Waals surface area (Å²) < 4.78 is 2.15. The van der Waals surface area contributed by atoms with Gasteiger partial charge in [-0.15, -0.1) is 0 Å². The number of aryl methyl sites for hydroxylation is 2. The van der Waals surface area contributed by atoms with Crippen molar-refractivity contribution in [3.63, 3.8) is 0 Å². The molecule has 0 N–H and O–H groups in total. The Labute approximate surface area is 133 Å². The molecule has 2 rings (SSSR count). The van der Waals surface area contributed by atoms with E-state index in [2.05, 4.69) is 31.5 Å². The van der Waals surface area contributed by atoms with Gasteiger partial charge in [-0.05, 0) is 31.4 Å². The quantitative estimate of drug-likeness (QED) is 0.769. The summed E-state index contributed by atoms with van der Waals surface area (Å²) in [5.74, 6) is 1.27. The molecule has 0 bridgehead atoms. The van der Waals surface area contributed by atoms with Gasteiger partial charge in [-0.25, -0.2) is 4.98 Å². The third-order valence-corrected chi connectivity index (χ3v) is 4.32. The summed E-state index contributed by atoms with van der Waals surface area (Å²) in [4.78, 5) is 17.0. The van der Waals surface area contributed by atoms with Crippen molar-refractivity contribution < 1.29 is 4.79 Å². The molecule has 1 aromatic carbocycles. The van der Waals surface area contributed by atoms with Gasteiger partial charge in [0.05, 0.1) is 5.69 Å². The van der Waals surface area contributed by atoms with E-state index in [9.17, 15) is 4.79 Å². The molecule has 0 aliphatic rings. The summed E-state index contributed by atoms with van der Waals surface area (Å²) in [7, 11) is 2.06. The molecule has 0 saturated carbocycles. The zero-order valence-corrected chi connectivity index (χ0v) is 14.5. The number of aromatic nitrogens is 2. The maximum atomic E-state index is 12.3. The van der Waals surface area contributed by atoms with Crippen LogP contribution in [0.5, 0.6) is 0 Å². The third-order valence-electron chi connectivity index (χ3n) is 4.32. The van der Waals surface area contributed by atoms with E-state index in [1.165, 1.54) is 5.69 Å². The average molecular weight is 298 g/mol. The Balaban J connectivity index is 2.55. The normalized spacial score (nSPS) is 11.2. The molecular weight excluding hydrogens is 272 g/mol. The maximum Gasteiger partial charge on any atom is 0.165 e. The van der Waals surface area contributed by atoms with E-state index in [-0.39, 0.29) is 11.7 Å². The molecule has 0 atom stereocenters. The molecule has 3 nitrogen and oxygen atoms in total. The number of carbonyl (C=O) groups excluding carboxylic acids is 1. The number of carbonyl (C=O) groups is 1. The molecule has 0 radical (unpaired) electrons. The molecule has 0 amide bonds. The zero-order valence-electron chi connectivity index (χ0n) is 14.5. The van der Waals surface area contributed by atoms with E-state index in [1.807, 2.05) is 32.9 Å². The van der Waals surface area contributed by atoms with Gasteiger partial charge in [0.15, 0.2) is 5.78 Å². The Morgan fingerprint density at radius 2 is 1.91 bits per heavy atom. The molecule has 0 fully saturated rings. The minimum absolute atomic E-state index is 0.0273. The first-order valence-corrected chi connectivity index (χ1v) is 8.10. The van der Waals surface area contributed by atoms with Gasteiger partial charge in [0.1, 0.15) is 5.82 Å². The van der Waals surface area contributed by atoms with E-state index in [1.54, 1.807) is 0 Å². The van der Waals surface area contributed by atoms with Gasteiger partial charge in [0.25, 0.3) is 0 Å². The number of imidazole rings is 1. The van der Waals surface area contributed by atoms with Crippen molar-refractivity contribution in [3.8, 4) is 11.3 Å². The smallest absolute Gasteiger partial charge is 0.165 e. The van der Waals surface area contributed by atoms with Gasteiger partial charge in [-0.2, -0.15) is 0 Å². The van der Waals surface area contributed by atoms with Gasteiger partial charge in [-0.3, -0.25) is 4.79 Å². The van der Waals surface area contributed by atoms with Crippen LogP contribution in [0.15, 0.2) is 18.2 Å². The van der Waals surface area contributed by atoms with Crippen molar-refractivity contribution >= 4 is 5.78 Å². The first kappa shape index (κ1) is 16.5. The summed E-state index contributed by atoms with van der Waals surface area (Å²) in [5, 5.41) is 0. The van der Waals surface area contributed by atoms with Crippen molar-refractivity contribution in [2.24, 2.45) is 13.0 Å². The summed E-state index contributed by atoms with van der Waals surface area (Å²) in [6, 6.07) is 6.15.